The van der Waals surface area contributed by atoms with E-state index in [0.717, 1.165) is 18.7 Å². The van der Waals surface area contributed by atoms with Crippen molar-refractivity contribution in [2.45, 2.75) is 19.1 Å². The van der Waals surface area contributed by atoms with Crippen LogP contribution >= 0.6 is 11.3 Å². The number of nitrogens with zero attached hydrogens (tertiary/aromatic N) is 3. The number of hydrogen-bond donors (Lipinski definition) is 2. The molecule has 9 nitrogen and oxygen atoms in total. The second kappa shape index (κ2) is 11.7. The van der Waals surface area contributed by atoms with Gasteiger partial charge in [-0.05, 0) is 24.1 Å². The minimum absolute atomic E-state index is 0.241. The molecular weight excluding hydrogens is 461 g/mol. The van der Waals surface area contributed by atoms with Crippen LogP contribution in [0.3, 0.4) is 0 Å². The summed E-state index contributed by atoms with van der Waals surface area (Å²) in [6, 6.07) is 5.47. The first kappa shape index (κ1) is 24.5. The molecule has 11 heteroatoms. The van der Waals surface area contributed by atoms with Gasteiger partial charge in [0.25, 0.3) is 11.8 Å². The van der Waals surface area contributed by atoms with Gasteiger partial charge in [-0.1, -0.05) is 6.07 Å². The molecule has 2 aliphatic heterocycles. The van der Waals surface area contributed by atoms with E-state index in [0.29, 0.717) is 68.8 Å². The zero-order chi connectivity index (χ0) is 23.9. The van der Waals surface area contributed by atoms with Gasteiger partial charge in [0.05, 0.1) is 37.6 Å². The van der Waals surface area contributed by atoms with E-state index in [1.54, 1.807) is 18.6 Å². The number of amides is 2. The molecular formula is C23H30FN5O4S. The number of thiazole rings is 1. The zero-order valence-corrected chi connectivity index (χ0v) is 20.0. The van der Waals surface area contributed by atoms with Crippen molar-refractivity contribution in [3.63, 3.8) is 0 Å². The lowest BCUT2D eigenvalue weighted by Crippen LogP contribution is -2.35. The van der Waals surface area contributed by atoms with Crippen molar-refractivity contribution >= 4 is 34.0 Å². The molecule has 2 amide bonds. The lowest BCUT2D eigenvalue weighted by atomic mass is 10.1. The van der Waals surface area contributed by atoms with Gasteiger partial charge in [0, 0.05) is 45.2 Å². The van der Waals surface area contributed by atoms with Crippen LogP contribution in [0.1, 0.15) is 32.8 Å². The minimum Gasteiger partial charge on any atom is -0.383 e. The molecule has 0 saturated carbocycles. The van der Waals surface area contributed by atoms with Crippen molar-refractivity contribution in [3.05, 3.63) is 40.4 Å². The first-order valence-electron chi connectivity index (χ1n) is 11.4. The minimum atomic E-state index is -0.865. The number of halogens is 1. The standard InChI is InChI=1S/C23H30FN5O4S/c1-32-9-5-25-21(30)18-12-16(13-28-7-10-33-11-8-28)2-3-19(18)26-22(31)20-15-34-23(27-20)29-6-4-17(24)14-29/h2-3,12,15,17H,4-11,13-14H2,1H3,(H,25,30)(H,26,31)/t17-/m0/s1. The first-order chi connectivity index (χ1) is 16.5. The number of carbonyl (C=O) groups is 2. The van der Waals surface area contributed by atoms with Gasteiger partial charge in [-0.2, -0.15) is 0 Å². The average Bonchev–Trinajstić information content (AvgIpc) is 3.50. The van der Waals surface area contributed by atoms with Crippen LogP contribution in [0.4, 0.5) is 15.2 Å². The van der Waals surface area contributed by atoms with E-state index in [1.165, 1.54) is 11.3 Å². The lowest BCUT2D eigenvalue weighted by molar-refractivity contribution is 0.0342. The van der Waals surface area contributed by atoms with Crippen LogP contribution in [0.15, 0.2) is 23.6 Å². The summed E-state index contributed by atoms with van der Waals surface area (Å²) in [7, 11) is 1.57. The number of carbonyl (C=O) groups excluding carboxylic acids is 2. The Morgan fingerprint density at radius 2 is 2.09 bits per heavy atom. The summed E-state index contributed by atoms with van der Waals surface area (Å²) in [5.74, 6) is -0.702. The Morgan fingerprint density at radius 3 is 2.82 bits per heavy atom. The molecule has 1 atom stereocenters. The van der Waals surface area contributed by atoms with Crippen molar-refractivity contribution in [1.82, 2.24) is 15.2 Å². The fourth-order valence-corrected chi connectivity index (χ4v) is 4.80. The van der Waals surface area contributed by atoms with Gasteiger partial charge in [-0.25, -0.2) is 9.37 Å². The van der Waals surface area contributed by atoms with Gasteiger partial charge in [0.15, 0.2) is 5.13 Å². The second-order valence-electron chi connectivity index (χ2n) is 8.32. The summed E-state index contributed by atoms with van der Waals surface area (Å²) in [4.78, 5) is 34.3. The van der Waals surface area contributed by atoms with Gasteiger partial charge < -0.3 is 25.0 Å². The predicted octanol–water partition coefficient (Wildman–Crippen LogP) is 2.15. The van der Waals surface area contributed by atoms with E-state index in [4.69, 9.17) is 9.47 Å². The fraction of sp³-hybridized carbons (Fsp3) is 0.522. The third-order valence-corrected chi connectivity index (χ3v) is 6.71. The van der Waals surface area contributed by atoms with Crippen LogP contribution in [0.2, 0.25) is 0 Å². The van der Waals surface area contributed by atoms with Crippen LogP contribution in [0.5, 0.6) is 0 Å². The van der Waals surface area contributed by atoms with Crippen LogP contribution in [-0.4, -0.2) is 87.5 Å². The highest BCUT2D eigenvalue weighted by Crippen LogP contribution is 2.26. The van der Waals surface area contributed by atoms with Gasteiger partial charge in [-0.3, -0.25) is 14.5 Å². The predicted molar refractivity (Wildman–Crippen MR) is 129 cm³/mol. The molecule has 2 aromatic rings. The van der Waals surface area contributed by atoms with Gasteiger partial charge in [0.1, 0.15) is 11.9 Å². The van der Waals surface area contributed by atoms with E-state index in [2.05, 4.69) is 20.5 Å². The molecule has 1 aromatic carbocycles. The molecule has 0 spiro atoms. The molecule has 2 fully saturated rings. The molecule has 2 aliphatic rings. The summed E-state index contributed by atoms with van der Waals surface area (Å²) in [5, 5.41) is 7.94. The van der Waals surface area contributed by atoms with Crippen molar-refractivity contribution in [2.75, 3.05) is 69.9 Å². The second-order valence-corrected chi connectivity index (χ2v) is 9.16. The summed E-state index contributed by atoms with van der Waals surface area (Å²) < 4.78 is 24.0. The normalized spacial score (nSPS) is 18.8. The highest BCUT2D eigenvalue weighted by molar-refractivity contribution is 7.14. The third-order valence-electron chi connectivity index (χ3n) is 5.80. The number of methoxy groups -OCH3 is 1. The molecule has 184 valence electrons. The summed E-state index contributed by atoms with van der Waals surface area (Å²) in [6.07, 6.45) is -0.393. The molecule has 0 aliphatic carbocycles. The Bertz CT molecular complexity index is 997. The number of aromatic nitrogens is 1. The number of benzene rings is 1. The maximum absolute atomic E-state index is 13.5. The number of anilines is 2. The molecule has 2 saturated heterocycles. The molecule has 0 unspecified atom stereocenters. The number of nitrogens with one attached hydrogen (secondary N) is 2. The Labute approximate surface area is 202 Å². The summed E-state index contributed by atoms with van der Waals surface area (Å²) in [5.41, 5.74) is 2.00. The van der Waals surface area contributed by atoms with Crippen molar-refractivity contribution in [3.8, 4) is 0 Å². The maximum atomic E-state index is 13.5. The zero-order valence-electron chi connectivity index (χ0n) is 19.2. The van der Waals surface area contributed by atoms with Crippen LogP contribution in [-0.2, 0) is 16.0 Å². The molecule has 2 N–H and O–H groups in total. The smallest absolute Gasteiger partial charge is 0.275 e. The molecule has 4 rings (SSSR count). The molecule has 3 heterocycles. The van der Waals surface area contributed by atoms with Crippen LogP contribution in [0.25, 0.3) is 0 Å². The quantitative estimate of drug-likeness (QED) is 0.519. The van der Waals surface area contributed by atoms with E-state index in [1.807, 2.05) is 17.0 Å². The maximum Gasteiger partial charge on any atom is 0.275 e. The Kier molecular flexibility index (Phi) is 8.44. The SMILES string of the molecule is COCCNC(=O)c1cc(CN2CCOCC2)ccc1NC(=O)c1csc(N2CC[C@H](F)C2)n1. The van der Waals surface area contributed by atoms with Crippen molar-refractivity contribution < 1.29 is 23.5 Å². The summed E-state index contributed by atoms with van der Waals surface area (Å²) >= 11 is 1.31. The van der Waals surface area contributed by atoms with E-state index in [-0.39, 0.29) is 11.6 Å². The fourth-order valence-electron chi connectivity index (χ4n) is 3.96. The monoisotopic (exact) mass is 491 g/mol. The lowest BCUT2D eigenvalue weighted by Gasteiger charge is -2.26. The number of rotatable bonds is 9. The molecule has 1 aromatic heterocycles. The summed E-state index contributed by atoms with van der Waals surface area (Å²) in [6.45, 7) is 5.37. The van der Waals surface area contributed by atoms with Crippen LogP contribution < -0.4 is 15.5 Å². The van der Waals surface area contributed by atoms with Crippen molar-refractivity contribution in [1.29, 1.82) is 0 Å². The molecule has 34 heavy (non-hydrogen) atoms. The van der Waals surface area contributed by atoms with Gasteiger partial charge in [-0.15, -0.1) is 11.3 Å². The van der Waals surface area contributed by atoms with Gasteiger partial charge in [0.2, 0.25) is 0 Å². The molecule has 0 radical (unpaired) electrons. The number of hydrogen-bond acceptors (Lipinski definition) is 8. The average molecular weight is 492 g/mol. The Balaban J connectivity index is 1.49. The van der Waals surface area contributed by atoms with Gasteiger partial charge >= 0.3 is 0 Å². The molecule has 0 bridgehead atoms. The number of alkyl halides is 1. The Hall–Kier alpha value is -2.60. The van der Waals surface area contributed by atoms with Crippen LogP contribution in [0, 0.1) is 0 Å². The van der Waals surface area contributed by atoms with E-state index >= 15 is 0 Å². The Morgan fingerprint density at radius 1 is 1.26 bits per heavy atom. The number of ether oxygens (including phenoxy) is 2. The highest BCUT2D eigenvalue weighted by atomic mass is 32.1. The number of morpholine rings is 1. The van der Waals surface area contributed by atoms with E-state index < -0.39 is 12.1 Å². The highest BCUT2D eigenvalue weighted by Gasteiger charge is 2.25. The third kappa shape index (κ3) is 6.29. The largest absolute Gasteiger partial charge is 0.383 e. The first-order valence-corrected chi connectivity index (χ1v) is 12.3. The van der Waals surface area contributed by atoms with Crippen molar-refractivity contribution in [2.24, 2.45) is 0 Å². The van der Waals surface area contributed by atoms with E-state index in [9.17, 15) is 14.0 Å². The topological polar surface area (TPSA) is 96.0 Å².